The number of aromatic nitrogens is 6. The maximum Gasteiger partial charge on any atom is 0.259 e. The second kappa shape index (κ2) is 9.02. The zero-order valence-corrected chi connectivity index (χ0v) is 13.9. The van der Waals surface area contributed by atoms with E-state index in [1.165, 1.54) is 49.3 Å². The topological polar surface area (TPSA) is 92.6 Å². The molecule has 0 bridgehead atoms. The Morgan fingerprint density at radius 1 is 1.22 bits per heavy atom. The highest BCUT2D eigenvalue weighted by atomic mass is 16.2. The van der Waals surface area contributed by atoms with Gasteiger partial charge in [-0.05, 0) is 16.8 Å². The van der Waals surface area contributed by atoms with E-state index >= 15 is 0 Å². The van der Waals surface area contributed by atoms with Crippen molar-refractivity contribution in [3.05, 3.63) is 18.1 Å². The van der Waals surface area contributed by atoms with E-state index in [0.717, 1.165) is 19.4 Å². The summed E-state index contributed by atoms with van der Waals surface area (Å²) in [6.07, 6.45) is 11.6. The summed E-state index contributed by atoms with van der Waals surface area (Å²) in [4.78, 5) is 14.2. The van der Waals surface area contributed by atoms with Gasteiger partial charge in [0.15, 0.2) is 5.82 Å². The second-order valence-electron chi connectivity index (χ2n) is 5.73. The van der Waals surface area contributed by atoms with E-state index in [-0.39, 0.29) is 5.91 Å². The van der Waals surface area contributed by atoms with E-state index in [9.17, 15) is 4.79 Å². The first-order valence-electron chi connectivity index (χ1n) is 8.26. The van der Waals surface area contributed by atoms with E-state index in [4.69, 9.17) is 0 Å². The predicted molar refractivity (Wildman–Crippen MR) is 86.3 cm³/mol. The van der Waals surface area contributed by atoms with Gasteiger partial charge in [0.25, 0.3) is 5.91 Å². The Bertz CT molecular complexity index is 578. The minimum absolute atomic E-state index is 0.0739. The summed E-state index contributed by atoms with van der Waals surface area (Å²) in [5.41, 5.74) is 0.475. The van der Waals surface area contributed by atoms with Crippen molar-refractivity contribution in [2.75, 3.05) is 13.6 Å². The SMILES string of the molecule is CCCCCCCCCN(C)C(=O)c1cn[nH]c1-n1cnnn1. The smallest absolute Gasteiger partial charge is 0.259 e. The van der Waals surface area contributed by atoms with E-state index in [1.54, 1.807) is 4.90 Å². The third-order valence-corrected chi connectivity index (χ3v) is 3.87. The molecule has 0 saturated heterocycles. The molecule has 126 valence electrons. The standard InChI is InChI=1S/C15H25N7O/c1-3-4-5-6-7-8-9-10-21(2)15(23)13-11-16-18-14(13)22-12-17-19-20-22/h11-12H,3-10H2,1-2H3,(H,16,18). The molecule has 8 heteroatoms. The lowest BCUT2D eigenvalue weighted by Crippen LogP contribution is -2.28. The normalized spacial score (nSPS) is 10.9. The van der Waals surface area contributed by atoms with E-state index in [1.807, 2.05) is 7.05 Å². The lowest BCUT2D eigenvalue weighted by Gasteiger charge is -2.16. The zero-order valence-electron chi connectivity index (χ0n) is 13.9. The van der Waals surface area contributed by atoms with Crippen molar-refractivity contribution in [1.82, 2.24) is 35.3 Å². The van der Waals surface area contributed by atoms with Crippen LogP contribution in [0.3, 0.4) is 0 Å². The van der Waals surface area contributed by atoms with Crippen LogP contribution in [0.2, 0.25) is 0 Å². The number of tetrazole rings is 1. The van der Waals surface area contributed by atoms with Crippen LogP contribution in [0, 0.1) is 0 Å². The number of H-pyrrole nitrogens is 1. The molecule has 0 aliphatic carbocycles. The first-order chi connectivity index (χ1) is 11.2. The van der Waals surface area contributed by atoms with Crippen LogP contribution in [-0.4, -0.2) is 54.8 Å². The number of unbranched alkanes of at least 4 members (excludes halogenated alkanes) is 6. The Balaban J connectivity index is 1.78. The van der Waals surface area contributed by atoms with E-state index in [0.29, 0.717) is 11.4 Å². The summed E-state index contributed by atoms with van der Waals surface area (Å²) < 4.78 is 1.40. The Kier molecular flexibility index (Phi) is 6.71. The number of nitrogens with one attached hydrogen (secondary N) is 1. The first-order valence-corrected chi connectivity index (χ1v) is 8.26. The van der Waals surface area contributed by atoms with Gasteiger partial charge in [-0.1, -0.05) is 45.4 Å². The van der Waals surface area contributed by atoms with Crippen LogP contribution in [0.15, 0.2) is 12.5 Å². The van der Waals surface area contributed by atoms with Gasteiger partial charge in [0.05, 0.1) is 6.20 Å². The average Bonchev–Trinajstić information content (AvgIpc) is 3.23. The highest BCUT2D eigenvalue weighted by Crippen LogP contribution is 2.12. The van der Waals surface area contributed by atoms with Gasteiger partial charge in [-0.25, -0.2) is 0 Å². The fraction of sp³-hybridized carbons (Fsp3) is 0.667. The van der Waals surface area contributed by atoms with Crippen LogP contribution in [0.5, 0.6) is 0 Å². The number of rotatable bonds is 10. The molecule has 0 fully saturated rings. The molecule has 2 heterocycles. The Morgan fingerprint density at radius 2 is 1.96 bits per heavy atom. The molecule has 23 heavy (non-hydrogen) atoms. The molecule has 0 aromatic carbocycles. The number of nitrogens with zero attached hydrogens (tertiary/aromatic N) is 6. The van der Waals surface area contributed by atoms with Gasteiger partial charge in [-0.2, -0.15) is 9.78 Å². The van der Waals surface area contributed by atoms with Crippen LogP contribution in [-0.2, 0) is 0 Å². The molecular weight excluding hydrogens is 294 g/mol. The van der Waals surface area contributed by atoms with Gasteiger partial charge < -0.3 is 4.90 Å². The van der Waals surface area contributed by atoms with Crippen LogP contribution < -0.4 is 0 Å². The molecule has 0 aliphatic rings. The molecule has 0 saturated carbocycles. The number of aromatic amines is 1. The predicted octanol–water partition coefficient (Wildman–Crippen LogP) is 2.21. The van der Waals surface area contributed by atoms with Crippen molar-refractivity contribution in [2.24, 2.45) is 0 Å². The van der Waals surface area contributed by atoms with Crippen LogP contribution in [0.25, 0.3) is 5.82 Å². The number of carbonyl (C=O) groups excluding carboxylic acids is 1. The first kappa shape index (κ1) is 17.1. The number of carbonyl (C=O) groups is 1. The monoisotopic (exact) mass is 319 g/mol. The lowest BCUT2D eigenvalue weighted by molar-refractivity contribution is 0.0792. The second-order valence-corrected chi connectivity index (χ2v) is 5.73. The minimum Gasteiger partial charge on any atom is -0.342 e. The fourth-order valence-electron chi connectivity index (χ4n) is 2.49. The Hall–Kier alpha value is -2.25. The maximum absolute atomic E-state index is 12.5. The minimum atomic E-state index is -0.0739. The summed E-state index contributed by atoms with van der Waals surface area (Å²) in [5.74, 6) is 0.418. The molecule has 2 rings (SSSR count). The van der Waals surface area contributed by atoms with Crippen molar-refractivity contribution in [3.63, 3.8) is 0 Å². The number of hydrogen-bond donors (Lipinski definition) is 1. The molecule has 0 unspecified atom stereocenters. The number of amides is 1. The highest BCUT2D eigenvalue weighted by Gasteiger charge is 2.19. The average molecular weight is 319 g/mol. The number of hydrogen-bond acceptors (Lipinski definition) is 5. The molecule has 0 aliphatic heterocycles. The fourth-order valence-corrected chi connectivity index (χ4v) is 2.49. The van der Waals surface area contributed by atoms with Crippen molar-refractivity contribution in [3.8, 4) is 5.82 Å². The summed E-state index contributed by atoms with van der Waals surface area (Å²) in [6.45, 7) is 2.97. The molecule has 1 N–H and O–H groups in total. The van der Waals surface area contributed by atoms with E-state index < -0.39 is 0 Å². The largest absolute Gasteiger partial charge is 0.342 e. The van der Waals surface area contributed by atoms with Crippen LogP contribution in [0.4, 0.5) is 0 Å². The molecule has 8 nitrogen and oxygen atoms in total. The van der Waals surface area contributed by atoms with Gasteiger partial charge in [-0.3, -0.25) is 9.89 Å². The van der Waals surface area contributed by atoms with Crippen LogP contribution >= 0.6 is 0 Å². The van der Waals surface area contributed by atoms with E-state index in [2.05, 4.69) is 32.6 Å². The molecule has 0 radical (unpaired) electrons. The molecule has 2 aromatic heterocycles. The molecule has 1 amide bonds. The third kappa shape index (κ3) is 4.87. The zero-order chi connectivity index (χ0) is 16.5. The summed E-state index contributed by atoms with van der Waals surface area (Å²) >= 11 is 0. The Morgan fingerprint density at radius 3 is 2.65 bits per heavy atom. The lowest BCUT2D eigenvalue weighted by atomic mass is 10.1. The van der Waals surface area contributed by atoms with Gasteiger partial charge >= 0.3 is 0 Å². The van der Waals surface area contributed by atoms with Gasteiger partial charge in [0, 0.05) is 13.6 Å². The van der Waals surface area contributed by atoms with Crippen molar-refractivity contribution >= 4 is 5.91 Å². The van der Waals surface area contributed by atoms with Crippen LogP contribution in [0.1, 0.15) is 62.2 Å². The molecule has 2 aromatic rings. The van der Waals surface area contributed by atoms with Crippen molar-refractivity contribution < 1.29 is 4.79 Å². The highest BCUT2D eigenvalue weighted by molar-refractivity contribution is 5.96. The third-order valence-electron chi connectivity index (χ3n) is 3.87. The van der Waals surface area contributed by atoms with Crippen molar-refractivity contribution in [2.45, 2.75) is 51.9 Å². The molecular formula is C15H25N7O. The quantitative estimate of drug-likeness (QED) is 0.678. The summed E-state index contributed by atoms with van der Waals surface area (Å²) in [7, 11) is 1.82. The molecule has 0 atom stereocenters. The van der Waals surface area contributed by atoms with Gasteiger partial charge in [-0.15, -0.1) is 5.10 Å². The van der Waals surface area contributed by atoms with Gasteiger partial charge in [0.2, 0.25) is 0 Å². The molecule has 0 spiro atoms. The van der Waals surface area contributed by atoms with Crippen molar-refractivity contribution in [1.29, 1.82) is 0 Å². The Labute approximate surface area is 136 Å². The van der Waals surface area contributed by atoms with Gasteiger partial charge in [0.1, 0.15) is 11.9 Å². The summed E-state index contributed by atoms with van der Waals surface area (Å²) in [6, 6.07) is 0. The summed E-state index contributed by atoms with van der Waals surface area (Å²) in [5, 5.41) is 17.6. The maximum atomic E-state index is 12.5.